The molecular formula is C27H42BrN3O2. The average Bonchev–Trinajstić information content (AvgIpc) is 2.85. The molecule has 0 radical (unpaired) electrons. The van der Waals surface area contributed by atoms with E-state index in [0.29, 0.717) is 0 Å². The molecule has 0 fully saturated rings. The molecule has 0 aromatic heterocycles. The summed E-state index contributed by atoms with van der Waals surface area (Å²) in [4.78, 5) is 16.0. The minimum Gasteiger partial charge on any atom is -0.333 e. The quantitative estimate of drug-likeness (QED) is 0.334. The molecule has 33 heavy (non-hydrogen) atoms. The molecule has 6 heteroatoms. The lowest BCUT2D eigenvalue weighted by atomic mass is 10.0. The van der Waals surface area contributed by atoms with Crippen molar-refractivity contribution in [2.24, 2.45) is 15.9 Å². The topological polar surface area (TPSA) is 84.9 Å². The minimum atomic E-state index is 0.911. The smallest absolute Gasteiger partial charge is 0.106 e. The summed E-state index contributed by atoms with van der Waals surface area (Å²) >= 11 is 3.40. The summed E-state index contributed by atoms with van der Waals surface area (Å²) in [5.41, 5.74) is 12.1. The summed E-state index contributed by atoms with van der Waals surface area (Å²) in [5, 5.41) is 8.69. The zero-order valence-electron chi connectivity index (χ0n) is 21.5. The van der Waals surface area contributed by atoms with Crippen LogP contribution in [0.2, 0.25) is 0 Å². The molecule has 0 heterocycles. The van der Waals surface area contributed by atoms with Crippen LogP contribution in [0.1, 0.15) is 62.3 Å². The lowest BCUT2D eigenvalue weighted by Gasteiger charge is -2.04. The van der Waals surface area contributed by atoms with Crippen LogP contribution in [0.4, 0.5) is 0 Å². The average molecular weight is 521 g/mol. The van der Waals surface area contributed by atoms with Gasteiger partial charge >= 0.3 is 0 Å². The Kier molecular flexibility index (Phi) is 25.8. The van der Waals surface area contributed by atoms with E-state index in [1.807, 2.05) is 20.5 Å². The van der Waals surface area contributed by atoms with Crippen molar-refractivity contribution in [1.29, 1.82) is 0 Å². The normalized spacial score (nSPS) is 10.1. The summed E-state index contributed by atoms with van der Waals surface area (Å²) < 4.78 is 1.16. The first-order valence-corrected chi connectivity index (χ1v) is 11.7. The van der Waals surface area contributed by atoms with Crippen LogP contribution in [0.3, 0.4) is 0 Å². The predicted octanol–water partition coefficient (Wildman–Crippen LogP) is 6.84. The van der Waals surface area contributed by atoms with Gasteiger partial charge in [0.05, 0.1) is 0 Å². The summed E-state index contributed by atoms with van der Waals surface area (Å²) in [6, 6.07) is 14.9. The number of halogens is 1. The number of rotatable bonds is 6. The maximum atomic E-state index is 8.00. The number of benzene rings is 2. The number of aryl methyl sites for hydroxylation is 3. The molecule has 0 aliphatic rings. The van der Waals surface area contributed by atoms with Crippen molar-refractivity contribution in [3.8, 4) is 0 Å². The van der Waals surface area contributed by atoms with Crippen molar-refractivity contribution in [2.45, 2.75) is 67.2 Å². The van der Waals surface area contributed by atoms with Gasteiger partial charge in [0.25, 0.3) is 0 Å². The maximum Gasteiger partial charge on any atom is 0.106 e. The van der Waals surface area contributed by atoms with Crippen molar-refractivity contribution < 1.29 is 9.59 Å². The van der Waals surface area contributed by atoms with Crippen LogP contribution in [0.5, 0.6) is 0 Å². The molecule has 0 saturated heterocycles. The standard InChI is InChI=1S/C16H24N2.C8H9Br.CH5N.2CH2O/c1-5-7-16(18-17-14(4)6-2)12-15-10-8-13(3)9-11-15;1-6-3-4-8(9)5-7(6)2;3*1-2/h8-11H,5-7,12H2,1-4H3;3-5H,1-2H3;2H2,1H3;2*1H2/b17-14+,18-16+;;;;. The van der Waals surface area contributed by atoms with E-state index in [4.69, 9.17) is 9.59 Å². The van der Waals surface area contributed by atoms with E-state index in [-0.39, 0.29) is 0 Å². The van der Waals surface area contributed by atoms with E-state index in [1.54, 1.807) is 0 Å². The molecular weight excluding hydrogens is 478 g/mol. The van der Waals surface area contributed by atoms with Gasteiger partial charge in [0.15, 0.2) is 0 Å². The first-order chi connectivity index (χ1) is 15.8. The fourth-order valence-corrected chi connectivity index (χ4v) is 2.81. The molecule has 184 valence electrons. The third-order valence-corrected chi connectivity index (χ3v) is 4.90. The molecule has 0 atom stereocenters. The molecule has 2 N–H and O–H groups in total. The predicted molar refractivity (Wildman–Crippen MR) is 149 cm³/mol. The number of hydrogen-bond acceptors (Lipinski definition) is 5. The monoisotopic (exact) mass is 519 g/mol. The Bertz CT molecular complexity index is 802. The highest BCUT2D eigenvalue weighted by Gasteiger charge is 2.01. The van der Waals surface area contributed by atoms with Crippen molar-refractivity contribution >= 4 is 40.9 Å². The van der Waals surface area contributed by atoms with E-state index in [9.17, 15) is 0 Å². The second-order valence-electron chi connectivity index (χ2n) is 7.00. The molecule has 5 nitrogen and oxygen atoms in total. The van der Waals surface area contributed by atoms with Gasteiger partial charge in [-0.25, -0.2) is 0 Å². The van der Waals surface area contributed by atoms with Crippen LogP contribution < -0.4 is 5.73 Å². The van der Waals surface area contributed by atoms with Gasteiger partial charge in [-0.1, -0.05) is 72.1 Å². The molecule has 2 rings (SSSR count). The fourth-order valence-electron chi connectivity index (χ4n) is 2.34. The summed E-state index contributed by atoms with van der Waals surface area (Å²) in [5.74, 6) is 0. The summed E-state index contributed by atoms with van der Waals surface area (Å²) in [7, 11) is 1.50. The lowest BCUT2D eigenvalue weighted by Crippen LogP contribution is -2.03. The Balaban J connectivity index is -0.000000502. The number of hydrogen-bond donors (Lipinski definition) is 1. The van der Waals surface area contributed by atoms with Crippen molar-refractivity contribution in [3.05, 3.63) is 69.2 Å². The van der Waals surface area contributed by atoms with Crippen LogP contribution in [0.15, 0.2) is 57.1 Å². The third-order valence-electron chi connectivity index (χ3n) is 4.41. The number of carbonyl (C=O) groups excluding carboxylic acids is 2. The Hall–Kier alpha value is -2.44. The van der Waals surface area contributed by atoms with Gasteiger partial charge in [-0.3, -0.25) is 0 Å². The number of carbonyl (C=O) groups is 2. The van der Waals surface area contributed by atoms with E-state index in [0.717, 1.165) is 35.9 Å². The highest BCUT2D eigenvalue weighted by atomic mass is 79.9. The zero-order valence-corrected chi connectivity index (χ0v) is 23.0. The molecule has 2 aromatic carbocycles. The molecule has 0 aliphatic heterocycles. The van der Waals surface area contributed by atoms with Crippen LogP contribution in [-0.2, 0) is 16.0 Å². The van der Waals surface area contributed by atoms with Crippen molar-refractivity contribution in [1.82, 2.24) is 0 Å². The van der Waals surface area contributed by atoms with E-state index < -0.39 is 0 Å². The van der Waals surface area contributed by atoms with Crippen LogP contribution in [-0.4, -0.2) is 32.0 Å². The van der Waals surface area contributed by atoms with Gasteiger partial charge in [-0.05, 0) is 76.4 Å². The van der Waals surface area contributed by atoms with Gasteiger partial charge < -0.3 is 15.3 Å². The highest BCUT2D eigenvalue weighted by molar-refractivity contribution is 9.10. The molecule has 2 aromatic rings. The Morgan fingerprint density at radius 3 is 1.85 bits per heavy atom. The molecule has 0 amide bonds. The zero-order chi connectivity index (χ0) is 26.2. The van der Waals surface area contributed by atoms with Crippen molar-refractivity contribution in [3.63, 3.8) is 0 Å². The molecule has 0 bridgehead atoms. The largest absolute Gasteiger partial charge is 0.333 e. The number of nitrogens with two attached hydrogens (primary N) is 1. The Labute approximate surface area is 209 Å². The summed E-state index contributed by atoms with van der Waals surface area (Å²) in [6.07, 6.45) is 4.02. The van der Waals surface area contributed by atoms with Gasteiger partial charge in [0.2, 0.25) is 0 Å². The van der Waals surface area contributed by atoms with Crippen LogP contribution in [0, 0.1) is 20.8 Å². The second-order valence-corrected chi connectivity index (χ2v) is 7.91. The summed E-state index contributed by atoms with van der Waals surface area (Å²) in [6.45, 7) is 16.6. The molecule has 0 spiro atoms. The lowest BCUT2D eigenvalue weighted by molar-refractivity contribution is -0.0987. The third kappa shape index (κ3) is 18.8. The second kappa shape index (κ2) is 24.2. The van der Waals surface area contributed by atoms with E-state index in [2.05, 4.69) is 109 Å². The first kappa shape index (κ1) is 35.2. The van der Waals surface area contributed by atoms with Crippen LogP contribution in [0.25, 0.3) is 0 Å². The minimum absolute atomic E-state index is 0.911. The van der Waals surface area contributed by atoms with Gasteiger partial charge in [-0.2, -0.15) is 10.2 Å². The van der Waals surface area contributed by atoms with E-state index in [1.165, 1.54) is 35.0 Å². The van der Waals surface area contributed by atoms with Crippen molar-refractivity contribution in [2.75, 3.05) is 7.05 Å². The maximum absolute atomic E-state index is 8.00. The molecule has 0 unspecified atom stereocenters. The molecule has 0 saturated carbocycles. The van der Waals surface area contributed by atoms with Gasteiger partial charge in [0.1, 0.15) is 13.6 Å². The van der Waals surface area contributed by atoms with Crippen LogP contribution >= 0.6 is 15.9 Å². The molecule has 0 aliphatic carbocycles. The van der Waals surface area contributed by atoms with Gasteiger partial charge in [-0.15, -0.1) is 0 Å². The van der Waals surface area contributed by atoms with Gasteiger partial charge in [0, 0.05) is 22.3 Å². The SMILES string of the molecule is C=O.C=O.CCC/C(Cc1ccc(C)cc1)=N\N=C(/C)CC.CN.Cc1ccc(Br)cc1C. The number of nitrogens with zero attached hydrogens (tertiary/aromatic N) is 2. The Morgan fingerprint density at radius 1 is 0.879 bits per heavy atom. The highest BCUT2D eigenvalue weighted by Crippen LogP contribution is 2.14. The van der Waals surface area contributed by atoms with E-state index >= 15 is 0 Å². The fraction of sp³-hybridized carbons (Fsp3) is 0.407. The first-order valence-electron chi connectivity index (χ1n) is 10.9. The Morgan fingerprint density at radius 2 is 1.42 bits per heavy atom.